The van der Waals surface area contributed by atoms with E-state index in [1.54, 1.807) is 6.08 Å². The van der Waals surface area contributed by atoms with E-state index in [2.05, 4.69) is 5.32 Å². The van der Waals surface area contributed by atoms with Crippen molar-refractivity contribution in [2.45, 2.75) is 32.1 Å². The van der Waals surface area contributed by atoms with Gasteiger partial charge in [-0.3, -0.25) is 9.59 Å². The zero-order valence-electron chi connectivity index (χ0n) is 15.4. The number of carbonyl (C=O) groups is 2. The van der Waals surface area contributed by atoms with Crippen LogP contribution in [0.1, 0.15) is 36.8 Å². The molecular weight excluding hydrogens is 336 g/mol. The zero-order chi connectivity index (χ0) is 18.6. The van der Waals surface area contributed by atoms with Crippen molar-refractivity contribution in [3.63, 3.8) is 0 Å². The topological polar surface area (TPSA) is 49.4 Å². The average Bonchev–Trinajstić information content (AvgIpc) is 3.36. The van der Waals surface area contributed by atoms with Crippen LogP contribution in [0, 0.1) is 5.92 Å². The van der Waals surface area contributed by atoms with Gasteiger partial charge in [0.25, 0.3) is 0 Å². The maximum absolute atomic E-state index is 12.8. The largest absolute Gasteiger partial charge is 0.322 e. The molecule has 2 aliphatic rings. The minimum Gasteiger partial charge on any atom is -0.322 e. The lowest BCUT2D eigenvalue weighted by atomic mass is 10.1. The van der Waals surface area contributed by atoms with Gasteiger partial charge in [-0.25, -0.2) is 0 Å². The fourth-order valence-electron chi connectivity index (χ4n) is 4.00. The summed E-state index contributed by atoms with van der Waals surface area (Å²) in [6.07, 6.45) is 8.53. The highest BCUT2D eigenvalue weighted by atomic mass is 16.2. The smallest absolute Gasteiger partial charge is 0.248 e. The summed E-state index contributed by atoms with van der Waals surface area (Å²) in [5.41, 5.74) is 3.84. The summed E-state index contributed by atoms with van der Waals surface area (Å²) in [6, 6.07) is 15.6. The van der Waals surface area contributed by atoms with Crippen LogP contribution in [-0.4, -0.2) is 18.4 Å². The van der Waals surface area contributed by atoms with Gasteiger partial charge in [0.1, 0.15) is 0 Å². The van der Waals surface area contributed by atoms with Crippen LogP contribution >= 0.6 is 0 Å². The number of fused-ring (bicyclic) bond motifs is 1. The van der Waals surface area contributed by atoms with Crippen molar-refractivity contribution in [2.75, 3.05) is 16.8 Å². The standard InChI is InChI=1S/C23H24N2O2/c26-22(13-10-17-6-2-1-3-7-17)24-20-12-11-18-14-15-25(21(18)16-20)23(27)19-8-4-5-9-19/h1-3,6-7,10-13,16,19H,4-5,8-9,14-15H2,(H,24,26)/b13-10+. The quantitative estimate of drug-likeness (QED) is 0.821. The molecule has 0 radical (unpaired) electrons. The summed E-state index contributed by atoms with van der Waals surface area (Å²) in [5.74, 6) is 0.243. The zero-order valence-corrected chi connectivity index (χ0v) is 15.4. The Morgan fingerprint density at radius 1 is 1.04 bits per heavy atom. The number of nitrogens with one attached hydrogen (secondary N) is 1. The van der Waals surface area contributed by atoms with E-state index < -0.39 is 0 Å². The molecule has 0 aromatic heterocycles. The second kappa shape index (κ2) is 7.78. The molecule has 2 amide bonds. The van der Waals surface area contributed by atoms with Gasteiger partial charge >= 0.3 is 0 Å². The lowest BCUT2D eigenvalue weighted by Gasteiger charge is -2.21. The molecule has 27 heavy (non-hydrogen) atoms. The Balaban J connectivity index is 1.46. The summed E-state index contributed by atoms with van der Waals surface area (Å²) < 4.78 is 0. The third kappa shape index (κ3) is 3.95. The first-order valence-corrected chi connectivity index (χ1v) is 9.69. The Kier molecular flexibility index (Phi) is 5.05. The number of nitrogens with zero attached hydrogens (tertiary/aromatic N) is 1. The van der Waals surface area contributed by atoms with Gasteiger partial charge in [-0.15, -0.1) is 0 Å². The SMILES string of the molecule is O=C(/C=C/c1ccccc1)Nc1ccc2c(c1)N(C(=O)C1CCCC1)CC2. The van der Waals surface area contributed by atoms with E-state index in [0.717, 1.165) is 55.6 Å². The second-order valence-electron chi connectivity index (χ2n) is 7.30. The molecule has 1 saturated carbocycles. The van der Waals surface area contributed by atoms with Crippen LogP contribution in [0.25, 0.3) is 6.08 Å². The predicted molar refractivity (Wildman–Crippen MR) is 109 cm³/mol. The third-order valence-corrected chi connectivity index (χ3v) is 5.45. The van der Waals surface area contributed by atoms with Gasteiger partial charge in [0.2, 0.25) is 11.8 Å². The molecule has 4 heteroatoms. The molecule has 138 valence electrons. The van der Waals surface area contributed by atoms with Gasteiger partial charge in [0.15, 0.2) is 0 Å². The highest BCUT2D eigenvalue weighted by Gasteiger charge is 2.31. The third-order valence-electron chi connectivity index (χ3n) is 5.45. The number of amides is 2. The Morgan fingerprint density at radius 3 is 2.59 bits per heavy atom. The number of hydrogen-bond acceptors (Lipinski definition) is 2. The molecule has 2 aromatic carbocycles. The monoisotopic (exact) mass is 360 g/mol. The summed E-state index contributed by atoms with van der Waals surface area (Å²) in [4.78, 5) is 27.0. The number of carbonyl (C=O) groups excluding carboxylic acids is 2. The molecule has 4 rings (SSSR count). The highest BCUT2D eigenvalue weighted by Crippen LogP contribution is 2.35. The van der Waals surface area contributed by atoms with E-state index in [0.29, 0.717) is 0 Å². The van der Waals surface area contributed by atoms with Crippen molar-refractivity contribution < 1.29 is 9.59 Å². The molecule has 1 aliphatic carbocycles. The number of rotatable bonds is 4. The normalized spacial score (nSPS) is 16.7. The maximum Gasteiger partial charge on any atom is 0.248 e. The first-order chi connectivity index (χ1) is 13.2. The molecule has 0 spiro atoms. The summed E-state index contributed by atoms with van der Waals surface area (Å²) >= 11 is 0. The van der Waals surface area contributed by atoms with Gasteiger partial charge in [-0.1, -0.05) is 49.2 Å². The van der Waals surface area contributed by atoms with E-state index in [1.807, 2.05) is 53.4 Å². The Bertz CT molecular complexity index is 867. The van der Waals surface area contributed by atoms with Crippen LogP contribution in [0.3, 0.4) is 0 Å². The molecule has 1 fully saturated rings. The van der Waals surface area contributed by atoms with E-state index in [4.69, 9.17) is 0 Å². The van der Waals surface area contributed by atoms with Gasteiger partial charge in [0.05, 0.1) is 0 Å². The molecule has 4 nitrogen and oxygen atoms in total. The minimum absolute atomic E-state index is 0.169. The van der Waals surface area contributed by atoms with Crippen LogP contribution in [-0.2, 0) is 16.0 Å². The summed E-state index contributed by atoms with van der Waals surface area (Å²) in [7, 11) is 0. The van der Waals surface area contributed by atoms with Crippen LogP contribution in [0.2, 0.25) is 0 Å². The molecule has 0 saturated heterocycles. The van der Waals surface area contributed by atoms with Crippen LogP contribution < -0.4 is 10.2 Å². The van der Waals surface area contributed by atoms with Crippen LogP contribution in [0.15, 0.2) is 54.6 Å². The van der Waals surface area contributed by atoms with E-state index in [1.165, 1.54) is 11.6 Å². The summed E-state index contributed by atoms with van der Waals surface area (Å²) in [5, 5.41) is 2.91. The van der Waals surface area contributed by atoms with Crippen molar-refractivity contribution in [1.29, 1.82) is 0 Å². The summed E-state index contributed by atoms with van der Waals surface area (Å²) in [6.45, 7) is 0.746. The van der Waals surface area contributed by atoms with Gasteiger partial charge in [0, 0.05) is 29.9 Å². The molecular formula is C23H24N2O2. The molecule has 1 N–H and O–H groups in total. The minimum atomic E-state index is -0.175. The highest BCUT2D eigenvalue weighted by molar-refractivity contribution is 6.03. The maximum atomic E-state index is 12.8. The van der Waals surface area contributed by atoms with Gasteiger partial charge in [-0.05, 0) is 48.6 Å². The molecule has 1 aliphatic heterocycles. The number of anilines is 2. The van der Waals surface area contributed by atoms with Crippen molar-refractivity contribution in [3.05, 3.63) is 65.7 Å². The van der Waals surface area contributed by atoms with E-state index in [-0.39, 0.29) is 17.7 Å². The Hall–Kier alpha value is -2.88. The molecule has 1 heterocycles. The lowest BCUT2D eigenvalue weighted by Crippen LogP contribution is -2.33. The van der Waals surface area contributed by atoms with Crippen molar-refractivity contribution >= 4 is 29.3 Å². The van der Waals surface area contributed by atoms with Crippen molar-refractivity contribution in [3.8, 4) is 0 Å². The Morgan fingerprint density at radius 2 is 1.81 bits per heavy atom. The predicted octanol–water partition coefficient (Wildman–Crippen LogP) is 4.42. The van der Waals surface area contributed by atoms with Crippen molar-refractivity contribution in [2.24, 2.45) is 5.92 Å². The lowest BCUT2D eigenvalue weighted by molar-refractivity contribution is -0.122. The average molecular weight is 360 g/mol. The van der Waals surface area contributed by atoms with E-state index in [9.17, 15) is 9.59 Å². The Labute approximate surface area is 159 Å². The first kappa shape index (κ1) is 17.5. The van der Waals surface area contributed by atoms with Gasteiger partial charge in [-0.2, -0.15) is 0 Å². The molecule has 0 unspecified atom stereocenters. The fraction of sp³-hybridized carbons (Fsp3) is 0.304. The number of benzene rings is 2. The van der Waals surface area contributed by atoms with Crippen LogP contribution in [0.5, 0.6) is 0 Å². The van der Waals surface area contributed by atoms with Crippen molar-refractivity contribution in [1.82, 2.24) is 0 Å². The fourth-order valence-corrected chi connectivity index (χ4v) is 4.00. The molecule has 0 bridgehead atoms. The van der Waals surface area contributed by atoms with Crippen LogP contribution in [0.4, 0.5) is 11.4 Å². The first-order valence-electron chi connectivity index (χ1n) is 9.69. The second-order valence-corrected chi connectivity index (χ2v) is 7.30. The molecule has 2 aromatic rings. The molecule has 0 atom stereocenters. The van der Waals surface area contributed by atoms with E-state index >= 15 is 0 Å². The van der Waals surface area contributed by atoms with Gasteiger partial charge < -0.3 is 10.2 Å². The number of hydrogen-bond donors (Lipinski definition) is 1.